The number of para-hydroxylation sites is 1. The van der Waals surface area contributed by atoms with E-state index in [1.807, 2.05) is 30.3 Å². The highest BCUT2D eigenvalue weighted by molar-refractivity contribution is 9.10. The van der Waals surface area contributed by atoms with Gasteiger partial charge in [-0.1, -0.05) is 51.8 Å². The first-order valence-electron chi connectivity index (χ1n) is 7.76. The minimum absolute atomic E-state index is 0.0423. The summed E-state index contributed by atoms with van der Waals surface area (Å²) in [6.45, 7) is -0.385. The molecule has 7 heteroatoms. The van der Waals surface area contributed by atoms with Crippen molar-refractivity contribution in [2.75, 3.05) is 11.9 Å². The number of carbonyl (C=O) groups is 2. The van der Waals surface area contributed by atoms with Crippen LogP contribution in [0.4, 0.5) is 5.69 Å². The van der Waals surface area contributed by atoms with Crippen LogP contribution in [0.15, 0.2) is 59.2 Å². The lowest BCUT2D eigenvalue weighted by Gasteiger charge is -2.09. The molecule has 0 radical (unpaired) electrons. The standard InChI is InChI=1S/C19H14BrClN2O3/c20-14-6-7-16(15(21)10-14)23-17(24)11-26-18(25)9-13-4-1-3-12-5-2-8-22-19(12)13/h1-8,10H,9,11H2,(H,23,24). The van der Waals surface area contributed by atoms with Crippen LogP contribution in [0.3, 0.4) is 0 Å². The number of fused-ring (bicyclic) bond motifs is 1. The van der Waals surface area contributed by atoms with E-state index in [1.54, 1.807) is 24.4 Å². The summed E-state index contributed by atoms with van der Waals surface area (Å²) in [5, 5.41) is 3.94. The number of benzene rings is 2. The van der Waals surface area contributed by atoms with E-state index in [2.05, 4.69) is 26.2 Å². The molecule has 0 spiro atoms. The van der Waals surface area contributed by atoms with Crippen LogP contribution >= 0.6 is 27.5 Å². The molecule has 0 atom stereocenters. The molecular weight excluding hydrogens is 420 g/mol. The Kier molecular flexibility index (Phi) is 5.85. The Hall–Kier alpha value is -2.44. The van der Waals surface area contributed by atoms with Crippen LogP contribution in [0, 0.1) is 0 Å². The van der Waals surface area contributed by atoms with Gasteiger partial charge in [-0.15, -0.1) is 0 Å². The highest BCUT2D eigenvalue weighted by Gasteiger charge is 2.12. The van der Waals surface area contributed by atoms with Gasteiger partial charge < -0.3 is 10.1 Å². The van der Waals surface area contributed by atoms with Gasteiger partial charge in [-0.25, -0.2) is 0 Å². The molecule has 5 nitrogen and oxygen atoms in total. The van der Waals surface area contributed by atoms with Crippen molar-refractivity contribution in [3.63, 3.8) is 0 Å². The molecule has 0 bridgehead atoms. The van der Waals surface area contributed by atoms with Crippen molar-refractivity contribution in [3.05, 3.63) is 69.8 Å². The first-order valence-corrected chi connectivity index (χ1v) is 8.93. The van der Waals surface area contributed by atoms with E-state index in [1.165, 1.54) is 0 Å². The number of nitrogens with one attached hydrogen (secondary N) is 1. The lowest BCUT2D eigenvalue weighted by molar-refractivity contribution is -0.146. The maximum absolute atomic E-state index is 12.1. The van der Waals surface area contributed by atoms with Crippen molar-refractivity contribution in [2.45, 2.75) is 6.42 Å². The molecule has 1 amide bonds. The van der Waals surface area contributed by atoms with Gasteiger partial charge in [0.1, 0.15) is 0 Å². The van der Waals surface area contributed by atoms with Crippen LogP contribution in [0.2, 0.25) is 5.02 Å². The Morgan fingerprint density at radius 1 is 1.15 bits per heavy atom. The summed E-state index contributed by atoms with van der Waals surface area (Å²) in [4.78, 5) is 28.3. The molecular formula is C19H14BrClN2O3. The summed E-state index contributed by atoms with van der Waals surface area (Å²) in [5.74, 6) is -0.959. The number of halogens is 2. The number of ether oxygens (including phenoxy) is 1. The van der Waals surface area contributed by atoms with Gasteiger partial charge in [-0.05, 0) is 29.8 Å². The number of pyridine rings is 1. The van der Waals surface area contributed by atoms with Gasteiger partial charge in [0.25, 0.3) is 5.91 Å². The number of esters is 1. The highest BCUT2D eigenvalue weighted by atomic mass is 79.9. The molecule has 0 aliphatic heterocycles. The van der Waals surface area contributed by atoms with Crippen molar-refractivity contribution < 1.29 is 14.3 Å². The third kappa shape index (κ3) is 4.59. The number of nitrogens with zero attached hydrogens (tertiary/aromatic N) is 1. The van der Waals surface area contributed by atoms with Gasteiger partial charge in [-0.2, -0.15) is 0 Å². The molecule has 0 aliphatic rings. The number of amides is 1. The minimum Gasteiger partial charge on any atom is -0.455 e. The average Bonchev–Trinajstić information content (AvgIpc) is 2.63. The third-order valence-corrected chi connectivity index (χ3v) is 4.43. The third-order valence-electron chi connectivity index (χ3n) is 3.62. The largest absolute Gasteiger partial charge is 0.455 e. The predicted octanol–water partition coefficient (Wildman–Crippen LogP) is 4.38. The van der Waals surface area contributed by atoms with Crippen LogP contribution in [-0.4, -0.2) is 23.5 Å². The fourth-order valence-electron chi connectivity index (χ4n) is 2.44. The van der Waals surface area contributed by atoms with Gasteiger partial charge in [0, 0.05) is 16.1 Å². The van der Waals surface area contributed by atoms with Crippen molar-refractivity contribution in [1.82, 2.24) is 4.98 Å². The second-order valence-corrected chi connectivity index (χ2v) is 6.82. The lowest BCUT2D eigenvalue weighted by Crippen LogP contribution is -2.21. The van der Waals surface area contributed by atoms with E-state index in [-0.39, 0.29) is 13.0 Å². The van der Waals surface area contributed by atoms with E-state index in [4.69, 9.17) is 16.3 Å². The van der Waals surface area contributed by atoms with Crippen LogP contribution in [0.1, 0.15) is 5.56 Å². The summed E-state index contributed by atoms with van der Waals surface area (Å²) < 4.78 is 5.86. The molecule has 1 N–H and O–H groups in total. The minimum atomic E-state index is -0.500. The highest BCUT2D eigenvalue weighted by Crippen LogP contribution is 2.25. The van der Waals surface area contributed by atoms with Gasteiger partial charge in [-0.3, -0.25) is 14.6 Å². The van der Waals surface area contributed by atoms with Gasteiger partial charge in [0.15, 0.2) is 6.61 Å². The molecule has 0 aliphatic carbocycles. The average molecular weight is 434 g/mol. The Bertz CT molecular complexity index is 973. The van der Waals surface area contributed by atoms with Gasteiger partial charge in [0.05, 0.1) is 22.6 Å². The van der Waals surface area contributed by atoms with Crippen LogP contribution < -0.4 is 5.32 Å². The molecule has 3 rings (SSSR count). The Balaban J connectivity index is 1.57. The molecule has 1 aromatic heterocycles. The first-order chi connectivity index (χ1) is 12.5. The number of carbonyl (C=O) groups excluding carboxylic acids is 2. The normalized spacial score (nSPS) is 10.5. The molecule has 132 valence electrons. The van der Waals surface area contributed by atoms with Crippen LogP contribution in [0.5, 0.6) is 0 Å². The maximum Gasteiger partial charge on any atom is 0.310 e. The fraction of sp³-hybridized carbons (Fsp3) is 0.105. The lowest BCUT2D eigenvalue weighted by atomic mass is 10.1. The quantitative estimate of drug-likeness (QED) is 0.607. The number of hydrogen-bond acceptors (Lipinski definition) is 4. The zero-order valence-electron chi connectivity index (χ0n) is 13.5. The Morgan fingerprint density at radius 3 is 2.77 bits per heavy atom. The van der Waals surface area contributed by atoms with Crippen molar-refractivity contribution >= 4 is 56.0 Å². The van der Waals surface area contributed by atoms with Crippen LogP contribution in [-0.2, 0) is 20.7 Å². The number of aromatic nitrogens is 1. The topological polar surface area (TPSA) is 68.3 Å². The van der Waals surface area contributed by atoms with Gasteiger partial charge >= 0.3 is 5.97 Å². The van der Waals surface area contributed by atoms with Crippen molar-refractivity contribution in [3.8, 4) is 0 Å². The van der Waals surface area contributed by atoms with E-state index in [0.717, 1.165) is 20.9 Å². The van der Waals surface area contributed by atoms with E-state index in [0.29, 0.717) is 10.7 Å². The zero-order valence-corrected chi connectivity index (χ0v) is 15.9. The molecule has 3 aromatic rings. The van der Waals surface area contributed by atoms with Crippen molar-refractivity contribution in [1.29, 1.82) is 0 Å². The van der Waals surface area contributed by atoms with E-state index < -0.39 is 11.9 Å². The summed E-state index contributed by atoms with van der Waals surface area (Å²) in [7, 11) is 0. The summed E-state index contributed by atoms with van der Waals surface area (Å²) >= 11 is 9.33. The number of anilines is 1. The summed E-state index contributed by atoms with van der Waals surface area (Å²) in [6, 6.07) is 14.4. The second kappa shape index (κ2) is 8.29. The number of rotatable bonds is 5. The molecule has 26 heavy (non-hydrogen) atoms. The summed E-state index contributed by atoms with van der Waals surface area (Å²) in [5.41, 5.74) is 1.96. The van der Waals surface area contributed by atoms with E-state index >= 15 is 0 Å². The van der Waals surface area contributed by atoms with Crippen molar-refractivity contribution in [2.24, 2.45) is 0 Å². The fourth-order valence-corrected chi connectivity index (χ4v) is 3.16. The molecule has 0 unspecified atom stereocenters. The molecule has 0 saturated heterocycles. The van der Waals surface area contributed by atoms with Gasteiger partial charge in [0.2, 0.25) is 0 Å². The molecule has 0 fully saturated rings. The second-order valence-electron chi connectivity index (χ2n) is 5.50. The molecule has 0 saturated carbocycles. The smallest absolute Gasteiger partial charge is 0.310 e. The SMILES string of the molecule is O=C(COC(=O)Cc1cccc2cccnc12)Nc1ccc(Br)cc1Cl. The maximum atomic E-state index is 12.1. The molecule has 2 aromatic carbocycles. The Morgan fingerprint density at radius 2 is 1.96 bits per heavy atom. The van der Waals surface area contributed by atoms with E-state index in [9.17, 15) is 9.59 Å². The first kappa shape index (κ1) is 18.4. The molecule has 1 heterocycles. The zero-order chi connectivity index (χ0) is 18.5. The Labute approximate surface area is 163 Å². The number of hydrogen-bond donors (Lipinski definition) is 1. The monoisotopic (exact) mass is 432 g/mol. The predicted molar refractivity (Wildman–Crippen MR) is 104 cm³/mol. The van der Waals surface area contributed by atoms with Crippen LogP contribution in [0.25, 0.3) is 10.9 Å². The summed E-state index contributed by atoms with van der Waals surface area (Å²) in [6.07, 6.45) is 1.72.